The van der Waals surface area contributed by atoms with Gasteiger partial charge < -0.3 is 10.2 Å². The lowest BCUT2D eigenvalue weighted by molar-refractivity contribution is 0.554. The minimum atomic E-state index is -0.413. The molecule has 0 amide bonds. The molecular formula is C17H24F2N2. The molecule has 2 aliphatic carbocycles. The summed E-state index contributed by atoms with van der Waals surface area (Å²) in [6.45, 7) is 4.89. The molecule has 1 N–H and O–H groups in total. The van der Waals surface area contributed by atoms with E-state index >= 15 is 0 Å². The third-order valence-corrected chi connectivity index (χ3v) is 4.32. The molecule has 2 nitrogen and oxygen atoms in total. The predicted molar refractivity (Wildman–Crippen MR) is 81.4 cm³/mol. The highest BCUT2D eigenvalue weighted by Crippen LogP contribution is 2.37. The Morgan fingerprint density at radius 1 is 1.05 bits per heavy atom. The maximum Gasteiger partial charge on any atom is 0.149 e. The van der Waals surface area contributed by atoms with Gasteiger partial charge in [0.25, 0.3) is 0 Å². The van der Waals surface area contributed by atoms with Crippen molar-refractivity contribution in [3.05, 3.63) is 29.3 Å². The van der Waals surface area contributed by atoms with E-state index in [9.17, 15) is 8.78 Å². The molecule has 3 rings (SSSR count). The van der Waals surface area contributed by atoms with Crippen LogP contribution in [-0.2, 0) is 6.54 Å². The molecule has 2 saturated carbocycles. The first kappa shape index (κ1) is 14.8. The minimum Gasteiger partial charge on any atom is -0.366 e. The summed E-state index contributed by atoms with van der Waals surface area (Å²) in [7, 11) is 0. The Morgan fingerprint density at radius 3 is 2.00 bits per heavy atom. The summed E-state index contributed by atoms with van der Waals surface area (Å²) in [6, 6.07) is 2.96. The van der Waals surface area contributed by atoms with Crippen LogP contribution < -0.4 is 10.2 Å². The first-order chi connectivity index (χ1) is 10.2. The quantitative estimate of drug-likeness (QED) is 0.786. The van der Waals surface area contributed by atoms with Crippen molar-refractivity contribution < 1.29 is 8.78 Å². The summed E-state index contributed by atoms with van der Waals surface area (Å²) in [5.74, 6) is 0.432. The Balaban J connectivity index is 1.79. The van der Waals surface area contributed by atoms with Crippen LogP contribution in [0.5, 0.6) is 0 Å². The van der Waals surface area contributed by atoms with Gasteiger partial charge in [0.05, 0.1) is 0 Å². The maximum absolute atomic E-state index is 14.4. The van der Waals surface area contributed by atoms with Gasteiger partial charge in [0, 0.05) is 19.6 Å². The first-order valence-electron chi connectivity index (χ1n) is 8.11. The van der Waals surface area contributed by atoms with Crippen molar-refractivity contribution in [2.45, 2.75) is 39.2 Å². The largest absolute Gasteiger partial charge is 0.366 e. The number of nitrogens with one attached hydrogen (secondary N) is 1. The van der Waals surface area contributed by atoms with Crippen molar-refractivity contribution in [2.24, 2.45) is 11.8 Å². The topological polar surface area (TPSA) is 15.3 Å². The van der Waals surface area contributed by atoms with Gasteiger partial charge in [-0.15, -0.1) is 0 Å². The molecule has 4 heteroatoms. The first-order valence-corrected chi connectivity index (χ1v) is 8.11. The van der Waals surface area contributed by atoms with Crippen molar-refractivity contribution in [1.29, 1.82) is 0 Å². The van der Waals surface area contributed by atoms with Crippen molar-refractivity contribution in [1.82, 2.24) is 5.32 Å². The van der Waals surface area contributed by atoms with Crippen molar-refractivity contribution in [2.75, 3.05) is 24.5 Å². The van der Waals surface area contributed by atoms with E-state index in [0.717, 1.165) is 19.6 Å². The van der Waals surface area contributed by atoms with Gasteiger partial charge >= 0.3 is 0 Å². The van der Waals surface area contributed by atoms with Crippen LogP contribution in [0.1, 0.15) is 38.2 Å². The van der Waals surface area contributed by atoms with Gasteiger partial charge in [0.15, 0.2) is 0 Å². The lowest BCUT2D eigenvalue weighted by Gasteiger charge is -2.26. The van der Waals surface area contributed by atoms with Crippen molar-refractivity contribution in [3.63, 3.8) is 0 Å². The highest BCUT2D eigenvalue weighted by atomic mass is 19.1. The standard InChI is InChI=1S/C17H24F2N2/c1-2-20-9-14-7-15(18)17(16(19)8-14)21(10-12-3-4-12)11-13-5-6-13/h7-8,12-13,20H,2-6,9-11H2,1H3. The molecule has 0 radical (unpaired) electrons. The van der Waals surface area contributed by atoms with Gasteiger partial charge in [-0.3, -0.25) is 0 Å². The molecule has 2 fully saturated rings. The van der Waals surface area contributed by atoms with Gasteiger partial charge in [-0.2, -0.15) is 0 Å². The fraction of sp³-hybridized carbons (Fsp3) is 0.647. The molecule has 21 heavy (non-hydrogen) atoms. The molecule has 0 heterocycles. The molecule has 0 aromatic heterocycles. The zero-order chi connectivity index (χ0) is 14.8. The van der Waals surface area contributed by atoms with Crippen LogP contribution in [0.2, 0.25) is 0 Å². The number of halogens is 2. The van der Waals surface area contributed by atoms with E-state index < -0.39 is 11.6 Å². The number of nitrogens with zero attached hydrogens (tertiary/aromatic N) is 1. The Labute approximate surface area is 125 Å². The zero-order valence-electron chi connectivity index (χ0n) is 12.7. The molecule has 0 unspecified atom stereocenters. The maximum atomic E-state index is 14.4. The molecule has 0 aliphatic heterocycles. The average molecular weight is 294 g/mol. The van der Waals surface area contributed by atoms with Gasteiger partial charge in [-0.05, 0) is 61.8 Å². The van der Waals surface area contributed by atoms with Gasteiger partial charge in [0.1, 0.15) is 17.3 Å². The smallest absolute Gasteiger partial charge is 0.149 e. The number of hydrogen-bond acceptors (Lipinski definition) is 2. The molecule has 0 saturated heterocycles. The average Bonchev–Trinajstić information content (AvgIpc) is 3.31. The molecule has 0 spiro atoms. The van der Waals surface area contributed by atoms with Crippen LogP contribution in [0.3, 0.4) is 0 Å². The summed E-state index contributed by atoms with van der Waals surface area (Å²) in [6.07, 6.45) is 4.79. The van der Waals surface area contributed by atoms with E-state index in [4.69, 9.17) is 0 Å². The van der Waals surface area contributed by atoms with Crippen molar-refractivity contribution >= 4 is 5.69 Å². The van der Waals surface area contributed by atoms with E-state index in [-0.39, 0.29) is 5.69 Å². The Morgan fingerprint density at radius 2 is 1.57 bits per heavy atom. The summed E-state index contributed by atoms with van der Waals surface area (Å²) >= 11 is 0. The monoisotopic (exact) mass is 294 g/mol. The van der Waals surface area contributed by atoms with E-state index in [1.165, 1.54) is 37.8 Å². The van der Waals surface area contributed by atoms with Gasteiger partial charge in [-0.1, -0.05) is 6.92 Å². The summed E-state index contributed by atoms with van der Waals surface area (Å²) in [4.78, 5) is 1.96. The van der Waals surface area contributed by atoms with E-state index in [1.54, 1.807) is 0 Å². The molecule has 2 aliphatic rings. The van der Waals surface area contributed by atoms with Crippen LogP contribution in [0.15, 0.2) is 12.1 Å². The number of benzene rings is 1. The molecule has 0 atom stereocenters. The summed E-state index contributed by atoms with van der Waals surface area (Å²) < 4.78 is 28.8. The number of rotatable bonds is 8. The Kier molecular flexibility index (Phi) is 4.43. The van der Waals surface area contributed by atoms with E-state index in [1.807, 2.05) is 11.8 Å². The molecule has 1 aromatic rings. The Hall–Kier alpha value is -1.16. The number of anilines is 1. The van der Waals surface area contributed by atoms with Crippen LogP contribution in [-0.4, -0.2) is 19.6 Å². The third kappa shape index (κ3) is 3.94. The second-order valence-electron chi connectivity index (χ2n) is 6.48. The van der Waals surface area contributed by atoms with E-state index in [0.29, 0.717) is 23.9 Å². The fourth-order valence-corrected chi connectivity index (χ4v) is 2.77. The summed E-state index contributed by atoms with van der Waals surface area (Å²) in [5, 5.41) is 3.11. The minimum absolute atomic E-state index is 0.189. The second kappa shape index (κ2) is 6.30. The highest BCUT2D eigenvalue weighted by molar-refractivity contribution is 5.51. The van der Waals surface area contributed by atoms with Crippen molar-refractivity contribution in [3.8, 4) is 0 Å². The fourth-order valence-electron chi connectivity index (χ4n) is 2.77. The molecular weight excluding hydrogens is 270 g/mol. The van der Waals surface area contributed by atoms with Crippen LogP contribution >= 0.6 is 0 Å². The lowest BCUT2D eigenvalue weighted by Crippen LogP contribution is -2.30. The van der Waals surface area contributed by atoms with Crippen LogP contribution in [0.25, 0.3) is 0 Å². The normalized spacial score (nSPS) is 18.0. The third-order valence-electron chi connectivity index (χ3n) is 4.32. The molecule has 0 bridgehead atoms. The van der Waals surface area contributed by atoms with Gasteiger partial charge in [-0.25, -0.2) is 8.78 Å². The highest BCUT2D eigenvalue weighted by Gasteiger charge is 2.31. The van der Waals surface area contributed by atoms with Gasteiger partial charge in [0.2, 0.25) is 0 Å². The Bertz CT molecular complexity index is 459. The van der Waals surface area contributed by atoms with Crippen LogP contribution in [0.4, 0.5) is 14.5 Å². The summed E-state index contributed by atoms with van der Waals surface area (Å²) in [5.41, 5.74) is 0.863. The molecule has 1 aromatic carbocycles. The lowest BCUT2D eigenvalue weighted by atomic mass is 10.1. The van der Waals surface area contributed by atoms with Crippen LogP contribution in [0, 0.1) is 23.5 Å². The zero-order valence-corrected chi connectivity index (χ0v) is 12.7. The number of hydrogen-bond donors (Lipinski definition) is 1. The SMILES string of the molecule is CCNCc1cc(F)c(N(CC2CC2)CC2CC2)c(F)c1. The molecule has 116 valence electrons. The van der Waals surface area contributed by atoms with E-state index in [2.05, 4.69) is 5.32 Å². The predicted octanol–water partition coefficient (Wildman–Crippen LogP) is 3.70. The second-order valence-corrected chi connectivity index (χ2v) is 6.48.